The summed E-state index contributed by atoms with van der Waals surface area (Å²) >= 11 is 6.18. The lowest BCUT2D eigenvalue weighted by molar-refractivity contribution is -0.151. The van der Waals surface area contributed by atoms with E-state index in [1.54, 1.807) is 30.0 Å². The van der Waals surface area contributed by atoms with Gasteiger partial charge in [0, 0.05) is 24.7 Å². The molecule has 1 aromatic carbocycles. The van der Waals surface area contributed by atoms with E-state index in [1.807, 2.05) is 19.9 Å². The normalized spacial score (nSPS) is 15.5. The van der Waals surface area contributed by atoms with E-state index < -0.39 is 11.9 Å². The fraction of sp³-hybridized carbons (Fsp3) is 0.478. The second kappa shape index (κ2) is 10.6. The van der Waals surface area contributed by atoms with Gasteiger partial charge >= 0.3 is 5.97 Å². The Balaban J connectivity index is 1.64. The molecule has 8 nitrogen and oxygen atoms in total. The number of aromatic nitrogens is 1. The van der Waals surface area contributed by atoms with E-state index in [0.717, 1.165) is 0 Å². The van der Waals surface area contributed by atoms with Crippen molar-refractivity contribution < 1.29 is 23.6 Å². The minimum atomic E-state index is -0.720. The van der Waals surface area contributed by atoms with Gasteiger partial charge in [-0.25, -0.2) is 0 Å². The van der Waals surface area contributed by atoms with Crippen molar-refractivity contribution in [3.8, 4) is 11.3 Å². The van der Waals surface area contributed by atoms with E-state index in [4.69, 9.17) is 20.9 Å². The number of rotatable bonds is 7. The van der Waals surface area contributed by atoms with Crippen molar-refractivity contribution in [1.29, 1.82) is 0 Å². The Morgan fingerprint density at radius 1 is 1.25 bits per heavy atom. The average molecular weight is 462 g/mol. The molecule has 32 heavy (non-hydrogen) atoms. The molecule has 0 radical (unpaired) electrons. The molecule has 2 amide bonds. The Labute approximate surface area is 192 Å². The standard InChI is InChI=1S/C23H28ClN3O5/c1-4-31-23(30)15-9-11-27(12-10-15)22(29)20(14(2)3)25-21(28)18-13-19(32-26-18)16-7-5-6-8-17(16)24/h5-8,13-15,20H,4,9-12H2,1-3H3,(H,25,28)/t20-/m1/s1. The summed E-state index contributed by atoms with van der Waals surface area (Å²) in [7, 11) is 0. The lowest BCUT2D eigenvalue weighted by atomic mass is 9.95. The Hall–Kier alpha value is -2.87. The Morgan fingerprint density at radius 2 is 1.94 bits per heavy atom. The zero-order valence-corrected chi connectivity index (χ0v) is 19.2. The van der Waals surface area contributed by atoms with Crippen molar-refractivity contribution >= 4 is 29.4 Å². The molecule has 1 saturated heterocycles. The third kappa shape index (κ3) is 5.48. The van der Waals surface area contributed by atoms with Gasteiger partial charge in [0.25, 0.3) is 5.91 Å². The first-order chi connectivity index (χ1) is 15.3. The predicted molar refractivity (Wildman–Crippen MR) is 119 cm³/mol. The third-order valence-corrected chi connectivity index (χ3v) is 5.86. The van der Waals surface area contributed by atoms with Crippen LogP contribution >= 0.6 is 11.6 Å². The smallest absolute Gasteiger partial charge is 0.309 e. The first kappa shape index (κ1) is 23.8. The van der Waals surface area contributed by atoms with Gasteiger partial charge in [-0.2, -0.15) is 0 Å². The van der Waals surface area contributed by atoms with Gasteiger partial charge in [0.2, 0.25) is 5.91 Å². The number of esters is 1. The molecule has 172 valence electrons. The van der Waals surface area contributed by atoms with Crippen LogP contribution in [0.1, 0.15) is 44.1 Å². The maximum absolute atomic E-state index is 13.1. The molecule has 0 unspecified atom stereocenters. The molecule has 1 aliphatic rings. The van der Waals surface area contributed by atoms with Gasteiger partial charge in [-0.3, -0.25) is 14.4 Å². The van der Waals surface area contributed by atoms with Gasteiger partial charge in [0.1, 0.15) is 6.04 Å². The van der Waals surface area contributed by atoms with Crippen LogP contribution in [-0.4, -0.2) is 53.6 Å². The topological polar surface area (TPSA) is 102 Å². The van der Waals surface area contributed by atoms with Gasteiger partial charge in [-0.15, -0.1) is 0 Å². The summed E-state index contributed by atoms with van der Waals surface area (Å²) in [4.78, 5) is 39.5. The molecule has 1 atom stereocenters. The fourth-order valence-electron chi connectivity index (χ4n) is 3.69. The monoisotopic (exact) mass is 461 g/mol. The average Bonchev–Trinajstić information content (AvgIpc) is 3.27. The minimum Gasteiger partial charge on any atom is -0.466 e. The Kier molecular flexibility index (Phi) is 7.90. The number of ether oxygens (including phenoxy) is 1. The Bertz CT molecular complexity index is 966. The predicted octanol–water partition coefficient (Wildman–Crippen LogP) is 3.55. The quantitative estimate of drug-likeness (QED) is 0.632. The maximum atomic E-state index is 13.1. The molecule has 0 saturated carbocycles. The second-order valence-corrected chi connectivity index (χ2v) is 8.51. The summed E-state index contributed by atoms with van der Waals surface area (Å²) in [6.45, 7) is 6.75. The van der Waals surface area contributed by atoms with Crippen molar-refractivity contribution in [2.24, 2.45) is 11.8 Å². The van der Waals surface area contributed by atoms with Gasteiger partial charge in [-0.1, -0.05) is 42.7 Å². The summed E-state index contributed by atoms with van der Waals surface area (Å²) < 4.78 is 10.4. The number of amides is 2. The van der Waals surface area contributed by atoms with Gasteiger partial charge in [-0.05, 0) is 37.8 Å². The highest BCUT2D eigenvalue weighted by molar-refractivity contribution is 6.33. The van der Waals surface area contributed by atoms with Crippen molar-refractivity contribution in [3.63, 3.8) is 0 Å². The van der Waals surface area contributed by atoms with E-state index in [9.17, 15) is 14.4 Å². The minimum absolute atomic E-state index is 0.0689. The maximum Gasteiger partial charge on any atom is 0.309 e. The van der Waals surface area contributed by atoms with Crippen molar-refractivity contribution in [2.75, 3.05) is 19.7 Å². The zero-order valence-electron chi connectivity index (χ0n) is 18.5. The summed E-state index contributed by atoms with van der Waals surface area (Å²) in [5.74, 6) is -0.845. The second-order valence-electron chi connectivity index (χ2n) is 8.10. The number of carbonyl (C=O) groups is 3. The summed E-state index contributed by atoms with van der Waals surface area (Å²) in [6.07, 6.45) is 1.10. The lowest BCUT2D eigenvalue weighted by Gasteiger charge is -2.34. The van der Waals surface area contributed by atoms with E-state index in [2.05, 4.69) is 10.5 Å². The highest BCUT2D eigenvalue weighted by Gasteiger charge is 2.34. The van der Waals surface area contributed by atoms with Crippen molar-refractivity contribution in [1.82, 2.24) is 15.4 Å². The number of piperidine rings is 1. The van der Waals surface area contributed by atoms with Crippen LogP contribution in [0, 0.1) is 11.8 Å². The number of hydrogen-bond acceptors (Lipinski definition) is 6. The number of nitrogens with zero attached hydrogens (tertiary/aromatic N) is 2. The van der Waals surface area contributed by atoms with Crippen LogP contribution < -0.4 is 5.32 Å². The molecule has 0 spiro atoms. The number of likely N-dealkylation sites (tertiary alicyclic amines) is 1. The van der Waals surface area contributed by atoms with Crippen molar-refractivity contribution in [3.05, 3.63) is 41.0 Å². The molecule has 0 aliphatic carbocycles. The summed E-state index contributed by atoms with van der Waals surface area (Å²) in [5.41, 5.74) is 0.695. The van der Waals surface area contributed by atoms with E-state index >= 15 is 0 Å². The summed E-state index contributed by atoms with van der Waals surface area (Å²) in [6, 6.07) is 7.88. The molecule has 1 N–H and O–H groups in total. The highest BCUT2D eigenvalue weighted by atomic mass is 35.5. The first-order valence-corrected chi connectivity index (χ1v) is 11.2. The molecule has 0 bridgehead atoms. The van der Waals surface area contributed by atoms with Crippen LogP contribution in [0.5, 0.6) is 0 Å². The van der Waals surface area contributed by atoms with E-state index in [1.165, 1.54) is 6.07 Å². The summed E-state index contributed by atoms with van der Waals surface area (Å²) in [5, 5.41) is 7.11. The molecule has 2 aromatic rings. The largest absolute Gasteiger partial charge is 0.466 e. The van der Waals surface area contributed by atoms with Crippen molar-refractivity contribution in [2.45, 2.75) is 39.7 Å². The Morgan fingerprint density at radius 3 is 2.56 bits per heavy atom. The lowest BCUT2D eigenvalue weighted by Crippen LogP contribution is -2.53. The molecular weight excluding hydrogens is 434 g/mol. The third-order valence-electron chi connectivity index (χ3n) is 5.53. The van der Waals surface area contributed by atoms with Crippen LogP contribution in [0.3, 0.4) is 0 Å². The van der Waals surface area contributed by atoms with Crippen LogP contribution in [0.4, 0.5) is 0 Å². The van der Waals surface area contributed by atoms with Crippen LogP contribution in [0.15, 0.2) is 34.9 Å². The number of nitrogens with one attached hydrogen (secondary N) is 1. The van der Waals surface area contributed by atoms with E-state index in [0.29, 0.717) is 48.9 Å². The molecule has 9 heteroatoms. The van der Waals surface area contributed by atoms with Crippen LogP contribution in [-0.2, 0) is 14.3 Å². The van der Waals surface area contributed by atoms with Crippen LogP contribution in [0.25, 0.3) is 11.3 Å². The number of halogens is 1. The highest BCUT2D eigenvalue weighted by Crippen LogP contribution is 2.28. The molecule has 1 aromatic heterocycles. The molecule has 3 rings (SSSR count). The number of hydrogen-bond donors (Lipinski definition) is 1. The zero-order chi connectivity index (χ0) is 23.3. The van der Waals surface area contributed by atoms with Crippen LogP contribution in [0.2, 0.25) is 5.02 Å². The SMILES string of the molecule is CCOC(=O)C1CCN(C(=O)[C@H](NC(=O)c2cc(-c3ccccc3Cl)on2)C(C)C)CC1. The molecule has 1 fully saturated rings. The molecule has 2 heterocycles. The van der Waals surface area contributed by atoms with Gasteiger partial charge in [0.15, 0.2) is 11.5 Å². The van der Waals surface area contributed by atoms with E-state index in [-0.39, 0.29) is 29.4 Å². The van der Waals surface area contributed by atoms with Gasteiger partial charge < -0.3 is 19.5 Å². The van der Waals surface area contributed by atoms with Gasteiger partial charge in [0.05, 0.1) is 17.5 Å². The number of benzene rings is 1. The fourth-order valence-corrected chi connectivity index (χ4v) is 3.92. The number of carbonyl (C=O) groups excluding carboxylic acids is 3. The molecular formula is C23H28ClN3O5. The molecule has 1 aliphatic heterocycles. The first-order valence-electron chi connectivity index (χ1n) is 10.8.